The Labute approximate surface area is 119 Å². The summed E-state index contributed by atoms with van der Waals surface area (Å²) < 4.78 is 2.02. The van der Waals surface area contributed by atoms with E-state index in [-0.39, 0.29) is 0 Å². The first-order valence-corrected chi connectivity index (χ1v) is 7.09. The Morgan fingerprint density at radius 1 is 1.30 bits per heavy atom. The van der Waals surface area contributed by atoms with Gasteiger partial charge in [0, 0.05) is 17.9 Å². The van der Waals surface area contributed by atoms with Gasteiger partial charge in [0.1, 0.15) is 0 Å². The number of hydrazine groups is 1. The van der Waals surface area contributed by atoms with Crippen LogP contribution in [0.3, 0.4) is 0 Å². The molecule has 0 saturated carbocycles. The maximum atomic E-state index is 4.58. The molecule has 2 aromatic rings. The Bertz CT molecular complexity index is 587. The highest BCUT2D eigenvalue weighted by Crippen LogP contribution is 2.20. The highest BCUT2D eigenvalue weighted by atomic mass is 15.4. The van der Waals surface area contributed by atoms with Gasteiger partial charge >= 0.3 is 0 Å². The summed E-state index contributed by atoms with van der Waals surface area (Å²) in [6.07, 6.45) is 3.03. The fourth-order valence-corrected chi connectivity index (χ4v) is 2.65. The van der Waals surface area contributed by atoms with Crippen LogP contribution in [0.5, 0.6) is 0 Å². The van der Waals surface area contributed by atoms with Crippen molar-refractivity contribution in [2.24, 2.45) is 0 Å². The van der Waals surface area contributed by atoms with E-state index in [0.29, 0.717) is 12.1 Å². The maximum Gasteiger partial charge on any atom is 0.0677 e. The predicted octanol–water partition coefficient (Wildman–Crippen LogP) is 1.87. The number of rotatable bonds is 3. The smallest absolute Gasteiger partial charge is 0.0677 e. The van der Waals surface area contributed by atoms with Crippen LogP contribution >= 0.6 is 0 Å². The molecule has 0 radical (unpaired) electrons. The molecule has 2 aromatic heterocycles. The van der Waals surface area contributed by atoms with Gasteiger partial charge in [-0.2, -0.15) is 5.10 Å². The van der Waals surface area contributed by atoms with Crippen LogP contribution in [0, 0.1) is 13.8 Å². The summed E-state index contributed by atoms with van der Waals surface area (Å²) in [6, 6.07) is 7.16. The average Bonchev–Trinajstić information content (AvgIpc) is 2.97. The zero-order valence-corrected chi connectivity index (χ0v) is 12.2. The standard InChI is InChI=1S/C15H21N5/c1-10-7-15(18-17-10)14-5-4-13(8-16-14)9-20-12(3)6-11(2)19-20/h4-6,8,10,15,17-18H,7,9H2,1-3H3. The van der Waals surface area contributed by atoms with Gasteiger partial charge in [-0.25, -0.2) is 5.43 Å². The van der Waals surface area contributed by atoms with E-state index in [0.717, 1.165) is 24.4 Å². The van der Waals surface area contributed by atoms with Crippen molar-refractivity contribution in [3.63, 3.8) is 0 Å². The molecule has 1 aliphatic heterocycles. The van der Waals surface area contributed by atoms with Gasteiger partial charge in [-0.3, -0.25) is 15.1 Å². The molecular formula is C15H21N5. The molecule has 0 aliphatic carbocycles. The van der Waals surface area contributed by atoms with E-state index in [1.807, 2.05) is 17.8 Å². The topological polar surface area (TPSA) is 54.8 Å². The number of pyridine rings is 1. The Balaban J connectivity index is 1.71. The largest absolute Gasteiger partial charge is 0.265 e. The molecule has 2 unspecified atom stereocenters. The summed E-state index contributed by atoms with van der Waals surface area (Å²) in [4.78, 5) is 4.58. The first kappa shape index (κ1) is 13.3. The molecule has 0 amide bonds. The number of aryl methyl sites for hydroxylation is 2. The van der Waals surface area contributed by atoms with Gasteiger partial charge in [0.15, 0.2) is 0 Å². The van der Waals surface area contributed by atoms with E-state index < -0.39 is 0 Å². The predicted molar refractivity (Wildman–Crippen MR) is 78.1 cm³/mol. The van der Waals surface area contributed by atoms with Crippen molar-refractivity contribution in [3.8, 4) is 0 Å². The number of hydrogen-bond donors (Lipinski definition) is 2. The van der Waals surface area contributed by atoms with E-state index in [9.17, 15) is 0 Å². The lowest BCUT2D eigenvalue weighted by molar-refractivity contribution is 0.553. The Morgan fingerprint density at radius 2 is 2.15 bits per heavy atom. The SMILES string of the molecule is Cc1cc(C)n(Cc2ccc(C3CC(C)NN3)nc2)n1. The molecule has 5 nitrogen and oxygen atoms in total. The first-order chi connectivity index (χ1) is 9.61. The minimum absolute atomic E-state index is 0.313. The van der Waals surface area contributed by atoms with Gasteiger partial charge in [-0.1, -0.05) is 6.07 Å². The van der Waals surface area contributed by atoms with Crippen LogP contribution in [-0.2, 0) is 6.54 Å². The number of aromatic nitrogens is 3. The van der Waals surface area contributed by atoms with Crippen LogP contribution in [-0.4, -0.2) is 20.8 Å². The maximum absolute atomic E-state index is 4.58. The lowest BCUT2D eigenvalue weighted by Gasteiger charge is -2.10. The van der Waals surface area contributed by atoms with Gasteiger partial charge in [-0.15, -0.1) is 0 Å². The lowest BCUT2D eigenvalue weighted by atomic mass is 10.1. The first-order valence-electron chi connectivity index (χ1n) is 7.09. The van der Waals surface area contributed by atoms with Crippen LogP contribution in [0.1, 0.15) is 42.0 Å². The van der Waals surface area contributed by atoms with Crippen LogP contribution < -0.4 is 10.9 Å². The highest BCUT2D eigenvalue weighted by molar-refractivity contribution is 5.18. The van der Waals surface area contributed by atoms with E-state index in [1.54, 1.807) is 0 Å². The third-order valence-corrected chi connectivity index (χ3v) is 3.73. The summed E-state index contributed by atoms with van der Waals surface area (Å²) in [5, 5.41) is 4.48. The van der Waals surface area contributed by atoms with Crippen molar-refractivity contribution >= 4 is 0 Å². The second kappa shape index (κ2) is 5.34. The fraction of sp³-hybridized carbons (Fsp3) is 0.467. The molecule has 3 rings (SSSR count). The molecule has 3 heterocycles. The third-order valence-electron chi connectivity index (χ3n) is 3.73. The third kappa shape index (κ3) is 2.73. The molecule has 0 bridgehead atoms. The molecular weight excluding hydrogens is 250 g/mol. The molecule has 1 fully saturated rings. The summed E-state index contributed by atoms with van der Waals surface area (Å²) in [6.45, 7) is 7.05. The summed E-state index contributed by atoms with van der Waals surface area (Å²) in [5.74, 6) is 0. The van der Waals surface area contributed by atoms with Crippen LogP contribution in [0.15, 0.2) is 24.4 Å². The number of hydrogen-bond acceptors (Lipinski definition) is 4. The average molecular weight is 271 g/mol. The molecule has 5 heteroatoms. The van der Waals surface area contributed by atoms with E-state index in [4.69, 9.17) is 0 Å². The molecule has 2 N–H and O–H groups in total. The number of nitrogens with zero attached hydrogens (tertiary/aromatic N) is 3. The Hall–Kier alpha value is -1.72. The minimum Gasteiger partial charge on any atom is -0.265 e. The van der Waals surface area contributed by atoms with E-state index in [1.165, 1.54) is 11.3 Å². The lowest BCUT2D eigenvalue weighted by Crippen LogP contribution is -2.29. The van der Waals surface area contributed by atoms with Crippen molar-refractivity contribution in [1.29, 1.82) is 0 Å². The van der Waals surface area contributed by atoms with Crippen molar-refractivity contribution < 1.29 is 0 Å². The molecule has 2 atom stereocenters. The molecule has 106 valence electrons. The summed E-state index contributed by atoms with van der Waals surface area (Å²) in [7, 11) is 0. The molecule has 20 heavy (non-hydrogen) atoms. The second-order valence-corrected chi connectivity index (χ2v) is 5.65. The van der Waals surface area contributed by atoms with Crippen molar-refractivity contribution in [3.05, 3.63) is 47.0 Å². The van der Waals surface area contributed by atoms with Gasteiger partial charge in [0.05, 0.1) is 24.0 Å². The zero-order valence-electron chi connectivity index (χ0n) is 12.2. The van der Waals surface area contributed by atoms with Gasteiger partial charge in [0.25, 0.3) is 0 Å². The van der Waals surface area contributed by atoms with Crippen LogP contribution in [0.25, 0.3) is 0 Å². The quantitative estimate of drug-likeness (QED) is 0.895. The van der Waals surface area contributed by atoms with Crippen molar-refractivity contribution in [1.82, 2.24) is 25.6 Å². The van der Waals surface area contributed by atoms with Gasteiger partial charge < -0.3 is 0 Å². The van der Waals surface area contributed by atoms with Crippen LogP contribution in [0.2, 0.25) is 0 Å². The Morgan fingerprint density at radius 3 is 2.70 bits per heavy atom. The normalized spacial score (nSPS) is 22.4. The minimum atomic E-state index is 0.313. The number of nitrogens with one attached hydrogen (secondary N) is 2. The van der Waals surface area contributed by atoms with Gasteiger partial charge in [-0.05, 0) is 44.9 Å². The van der Waals surface area contributed by atoms with Gasteiger partial charge in [0.2, 0.25) is 0 Å². The monoisotopic (exact) mass is 271 g/mol. The molecule has 0 aromatic carbocycles. The zero-order chi connectivity index (χ0) is 14.1. The highest BCUT2D eigenvalue weighted by Gasteiger charge is 2.22. The van der Waals surface area contributed by atoms with Crippen LogP contribution in [0.4, 0.5) is 0 Å². The van der Waals surface area contributed by atoms with E-state index in [2.05, 4.69) is 53.0 Å². The Kier molecular flexibility index (Phi) is 3.54. The second-order valence-electron chi connectivity index (χ2n) is 5.65. The molecule has 1 aliphatic rings. The molecule has 1 saturated heterocycles. The van der Waals surface area contributed by atoms with Crippen molar-refractivity contribution in [2.75, 3.05) is 0 Å². The van der Waals surface area contributed by atoms with E-state index >= 15 is 0 Å². The van der Waals surface area contributed by atoms with Crippen molar-refractivity contribution in [2.45, 2.75) is 45.8 Å². The fourth-order valence-electron chi connectivity index (χ4n) is 2.65. The summed E-state index contributed by atoms with van der Waals surface area (Å²) in [5.41, 5.74) is 11.0. The molecule has 0 spiro atoms. The summed E-state index contributed by atoms with van der Waals surface area (Å²) >= 11 is 0.